The molecule has 1 unspecified atom stereocenters. The predicted octanol–water partition coefficient (Wildman–Crippen LogP) is 1.78. The fraction of sp³-hybridized carbons (Fsp3) is 0.154. The number of nitrogens with zero attached hydrogens (tertiary/aromatic N) is 2. The lowest BCUT2D eigenvalue weighted by atomic mass is 10.3. The van der Waals surface area contributed by atoms with Gasteiger partial charge < -0.3 is 10.4 Å². The van der Waals surface area contributed by atoms with E-state index in [2.05, 4.69) is 10.4 Å². The zero-order chi connectivity index (χ0) is 13.8. The summed E-state index contributed by atoms with van der Waals surface area (Å²) >= 11 is 0. The number of carbonyl (C=O) groups excluding carboxylic acids is 1. The molecule has 0 bridgehead atoms. The standard InChI is InChI=1S/C13H13N3O3/c1-9(13(18)19)16-8-7-11(15-16)12(17)14-10-5-3-2-4-6-10/h2-9H,1H3,(H,14,17)(H,18,19). The summed E-state index contributed by atoms with van der Waals surface area (Å²) in [4.78, 5) is 22.7. The highest BCUT2D eigenvalue weighted by Crippen LogP contribution is 2.09. The van der Waals surface area contributed by atoms with Gasteiger partial charge in [0.2, 0.25) is 0 Å². The van der Waals surface area contributed by atoms with Crippen LogP contribution in [0.4, 0.5) is 5.69 Å². The Labute approximate surface area is 109 Å². The number of carbonyl (C=O) groups is 2. The zero-order valence-electron chi connectivity index (χ0n) is 10.3. The minimum atomic E-state index is -1.00. The Kier molecular flexibility index (Phi) is 3.61. The number of hydrogen-bond acceptors (Lipinski definition) is 3. The number of aliphatic carboxylic acids is 1. The van der Waals surface area contributed by atoms with Gasteiger partial charge in [0, 0.05) is 11.9 Å². The van der Waals surface area contributed by atoms with Crippen LogP contribution in [0.3, 0.4) is 0 Å². The molecular formula is C13H13N3O3. The molecular weight excluding hydrogens is 246 g/mol. The molecule has 6 heteroatoms. The molecule has 0 aliphatic carbocycles. The lowest BCUT2D eigenvalue weighted by Gasteiger charge is -2.06. The molecule has 0 aliphatic heterocycles. The maximum Gasteiger partial charge on any atom is 0.328 e. The Morgan fingerprint density at radius 3 is 2.58 bits per heavy atom. The van der Waals surface area contributed by atoms with Crippen LogP contribution >= 0.6 is 0 Å². The molecule has 2 aromatic rings. The Morgan fingerprint density at radius 1 is 1.26 bits per heavy atom. The van der Waals surface area contributed by atoms with Crippen LogP contribution < -0.4 is 5.32 Å². The second kappa shape index (κ2) is 5.34. The number of nitrogens with one attached hydrogen (secondary N) is 1. The van der Waals surface area contributed by atoms with Gasteiger partial charge in [-0.05, 0) is 25.1 Å². The van der Waals surface area contributed by atoms with Crippen LogP contribution in [0.1, 0.15) is 23.5 Å². The molecule has 0 aliphatic rings. The third kappa shape index (κ3) is 2.98. The second-order valence-electron chi connectivity index (χ2n) is 4.02. The summed E-state index contributed by atoms with van der Waals surface area (Å²) in [6.07, 6.45) is 1.47. The number of benzene rings is 1. The van der Waals surface area contributed by atoms with E-state index in [1.807, 2.05) is 6.07 Å². The van der Waals surface area contributed by atoms with E-state index in [0.717, 1.165) is 0 Å². The van der Waals surface area contributed by atoms with Gasteiger partial charge in [0.1, 0.15) is 6.04 Å². The van der Waals surface area contributed by atoms with Crippen molar-refractivity contribution in [3.8, 4) is 0 Å². The van der Waals surface area contributed by atoms with Crippen LogP contribution in [-0.2, 0) is 4.79 Å². The minimum absolute atomic E-state index is 0.178. The average Bonchev–Trinajstić information content (AvgIpc) is 2.88. The van der Waals surface area contributed by atoms with E-state index in [0.29, 0.717) is 5.69 Å². The Balaban J connectivity index is 2.10. The number of carboxylic acid groups (broad SMARTS) is 1. The van der Waals surface area contributed by atoms with E-state index in [9.17, 15) is 9.59 Å². The first kappa shape index (κ1) is 12.8. The van der Waals surface area contributed by atoms with E-state index in [-0.39, 0.29) is 11.6 Å². The summed E-state index contributed by atoms with van der Waals surface area (Å²) in [7, 11) is 0. The molecule has 2 rings (SSSR count). The van der Waals surface area contributed by atoms with Crippen LogP contribution in [0.5, 0.6) is 0 Å². The van der Waals surface area contributed by atoms with Gasteiger partial charge in [0.15, 0.2) is 5.69 Å². The van der Waals surface area contributed by atoms with Gasteiger partial charge in [-0.3, -0.25) is 9.48 Å². The van der Waals surface area contributed by atoms with Gasteiger partial charge in [0.05, 0.1) is 0 Å². The molecule has 1 aromatic carbocycles. The van der Waals surface area contributed by atoms with Crippen LogP contribution in [-0.4, -0.2) is 26.8 Å². The molecule has 0 fully saturated rings. The predicted molar refractivity (Wildman–Crippen MR) is 69.0 cm³/mol. The van der Waals surface area contributed by atoms with Crippen molar-refractivity contribution in [2.45, 2.75) is 13.0 Å². The SMILES string of the molecule is CC(C(=O)O)n1ccc(C(=O)Nc2ccccc2)n1. The Hall–Kier alpha value is -2.63. The van der Waals surface area contributed by atoms with E-state index in [1.165, 1.54) is 23.9 Å². The second-order valence-corrected chi connectivity index (χ2v) is 4.02. The minimum Gasteiger partial charge on any atom is -0.480 e. The monoisotopic (exact) mass is 259 g/mol. The van der Waals surface area contributed by atoms with Crippen LogP contribution in [0, 0.1) is 0 Å². The Morgan fingerprint density at radius 2 is 1.95 bits per heavy atom. The number of carboxylic acids is 1. The largest absolute Gasteiger partial charge is 0.480 e. The first-order valence-electron chi connectivity index (χ1n) is 5.72. The summed E-state index contributed by atoms with van der Waals surface area (Å²) in [5.74, 6) is -1.37. The summed E-state index contributed by atoms with van der Waals surface area (Å²) in [6.45, 7) is 1.49. The van der Waals surface area contributed by atoms with E-state index >= 15 is 0 Å². The average molecular weight is 259 g/mol. The number of hydrogen-bond donors (Lipinski definition) is 2. The van der Waals surface area contributed by atoms with Crippen molar-refractivity contribution in [1.82, 2.24) is 9.78 Å². The highest BCUT2D eigenvalue weighted by molar-refractivity contribution is 6.02. The summed E-state index contributed by atoms with van der Waals surface area (Å²) in [5.41, 5.74) is 0.838. The Bertz CT molecular complexity index is 592. The number of amides is 1. The highest BCUT2D eigenvalue weighted by Gasteiger charge is 2.16. The smallest absolute Gasteiger partial charge is 0.328 e. The van der Waals surface area contributed by atoms with Gasteiger partial charge in [-0.25, -0.2) is 4.79 Å². The van der Waals surface area contributed by atoms with Crippen molar-refractivity contribution in [3.05, 3.63) is 48.3 Å². The van der Waals surface area contributed by atoms with Crippen LogP contribution in [0.2, 0.25) is 0 Å². The van der Waals surface area contributed by atoms with Gasteiger partial charge in [-0.1, -0.05) is 18.2 Å². The fourth-order valence-electron chi connectivity index (χ4n) is 1.50. The number of rotatable bonds is 4. The summed E-state index contributed by atoms with van der Waals surface area (Å²) in [5, 5.41) is 15.5. The zero-order valence-corrected chi connectivity index (χ0v) is 10.3. The topological polar surface area (TPSA) is 84.2 Å². The van der Waals surface area contributed by atoms with Gasteiger partial charge >= 0.3 is 5.97 Å². The van der Waals surface area contributed by atoms with Crippen molar-refractivity contribution >= 4 is 17.6 Å². The molecule has 98 valence electrons. The molecule has 0 spiro atoms. The maximum atomic E-state index is 11.9. The molecule has 0 radical (unpaired) electrons. The summed E-state index contributed by atoms with van der Waals surface area (Å²) < 4.78 is 1.24. The fourth-order valence-corrected chi connectivity index (χ4v) is 1.50. The van der Waals surface area contributed by atoms with Crippen molar-refractivity contribution in [3.63, 3.8) is 0 Å². The van der Waals surface area contributed by atoms with Crippen molar-refractivity contribution in [2.75, 3.05) is 5.32 Å². The van der Waals surface area contributed by atoms with Gasteiger partial charge in [0.25, 0.3) is 5.91 Å². The van der Waals surface area contributed by atoms with Crippen molar-refractivity contribution < 1.29 is 14.7 Å². The maximum absolute atomic E-state index is 11.9. The van der Waals surface area contributed by atoms with Gasteiger partial charge in [-0.15, -0.1) is 0 Å². The quantitative estimate of drug-likeness (QED) is 0.876. The van der Waals surface area contributed by atoms with E-state index < -0.39 is 12.0 Å². The molecule has 0 saturated heterocycles. The number of anilines is 1. The third-order valence-corrected chi connectivity index (χ3v) is 2.63. The number of para-hydroxylation sites is 1. The lowest BCUT2D eigenvalue weighted by molar-refractivity contribution is -0.140. The molecule has 6 nitrogen and oxygen atoms in total. The van der Waals surface area contributed by atoms with E-state index in [4.69, 9.17) is 5.11 Å². The van der Waals surface area contributed by atoms with E-state index in [1.54, 1.807) is 24.3 Å². The van der Waals surface area contributed by atoms with Crippen molar-refractivity contribution in [2.24, 2.45) is 0 Å². The first-order chi connectivity index (χ1) is 9.08. The molecule has 19 heavy (non-hydrogen) atoms. The highest BCUT2D eigenvalue weighted by atomic mass is 16.4. The van der Waals surface area contributed by atoms with Gasteiger partial charge in [-0.2, -0.15) is 5.10 Å². The van der Waals surface area contributed by atoms with Crippen LogP contribution in [0.15, 0.2) is 42.6 Å². The first-order valence-corrected chi connectivity index (χ1v) is 5.72. The third-order valence-electron chi connectivity index (χ3n) is 2.63. The molecule has 2 N–H and O–H groups in total. The normalized spacial score (nSPS) is 11.8. The molecule has 1 amide bonds. The summed E-state index contributed by atoms with van der Waals surface area (Å²) in [6, 6.07) is 9.65. The van der Waals surface area contributed by atoms with Crippen molar-refractivity contribution in [1.29, 1.82) is 0 Å². The number of aromatic nitrogens is 2. The molecule has 1 heterocycles. The molecule has 1 atom stereocenters. The molecule has 0 saturated carbocycles. The molecule has 1 aromatic heterocycles. The van der Waals surface area contributed by atoms with Crippen LogP contribution in [0.25, 0.3) is 0 Å². The lowest BCUT2D eigenvalue weighted by Crippen LogP contribution is -2.18.